The van der Waals surface area contributed by atoms with Crippen molar-refractivity contribution >= 4 is 60.3 Å². The summed E-state index contributed by atoms with van der Waals surface area (Å²) in [5.74, 6) is -0.444. The average molecular weight is 554 g/mol. The lowest BCUT2D eigenvalue weighted by Crippen LogP contribution is -2.41. The maximum Gasteiger partial charge on any atom is 0.338 e. The minimum absolute atomic E-state index is 0.0480. The number of hydrogen-bond donors (Lipinski definition) is 0. The molecule has 4 aromatic rings. The first-order valence-electron chi connectivity index (χ1n) is 8.53. The van der Waals surface area contributed by atoms with Gasteiger partial charge in [0.05, 0.1) is 15.9 Å². The third-order valence-corrected chi connectivity index (χ3v) is 5.68. The highest BCUT2D eigenvalue weighted by molar-refractivity contribution is 9.10. The van der Waals surface area contributed by atoms with Crippen LogP contribution in [0.3, 0.4) is 0 Å². The van der Waals surface area contributed by atoms with Crippen molar-refractivity contribution in [2.45, 2.75) is 6.92 Å². The lowest BCUT2D eigenvalue weighted by molar-refractivity contribution is 0.0950. The Morgan fingerprint density at radius 2 is 1.90 bits per heavy atom. The number of carbonyl (C=O) groups excluding carboxylic acids is 1. The molecule has 0 radical (unpaired) electrons. The zero-order valence-corrected chi connectivity index (χ0v) is 19.5. The Balaban J connectivity index is 2.07. The number of aryl methyl sites for hydroxylation is 1. The van der Waals surface area contributed by atoms with E-state index in [0.29, 0.717) is 14.6 Å². The molecule has 4 rings (SSSR count). The Morgan fingerprint density at radius 1 is 1.17 bits per heavy atom. The van der Waals surface area contributed by atoms with Crippen molar-refractivity contribution in [3.63, 3.8) is 0 Å². The fourth-order valence-corrected chi connectivity index (χ4v) is 4.36. The zero-order valence-electron chi connectivity index (χ0n) is 15.6. The second-order valence-electron chi connectivity index (χ2n) is 6.48. The van der Waals surface area contributed by atoms with Gasteiger partial charge in [0.2, 0.25) is 0 Å². The molecule has 0 aliphatic carbocycles. The van der Waals surface area contributed by atoms with E-state index in [9.17, 15) is 14.4 Å². The Hall–Kier alpha value is -2.56. The number of rotatable bonds is 2. The second-order valence-corrected chi connectivity index (χ2v) is 8.61. The van der Waals surface area contributed by atoms with Gasteiger partial charge in [-0.2, -0.15) is 5.10 Å². The molecule has 0 amide bonds. The molecular weight excluding hydrogens is 542 g/mol. The predicted octanol–water partition coefficient (Wildman–Crippen LogP) is 3.46. The molecule has 0 bridgehead atoms. The highest BCUT2D eigenvalue weighted by Gasteiger charge is 2.25. The minimum Gasteiger partial charge on any atom is -0.268 e. The van der Waals surface area contributed by atoms with Crippen molar-refractivity contribution < 1.29 is 4.79 Å². The van der Waals surface area contributed by atoms with E-state index in [1.54, 1.807) is 31.2 Å². The smallest absolute Gasteiger partial charge is 0.268 e. The first kappa shape index (κ1) is 20.7. The minimum atomic E-state index is -0.765. The standard InChI is InChI=1S/C19H12Br2ClN5O3/c1-9-6-10(20)7-11-15(9)26(19(30)25(2)17(11)28)18(29)13-8-14(21)24-27(13)16-12(22)4-3-5-23-16/h3-8H,1-2H3. The van der Waals surface area contributed by atoms with Gasteiger partial charge < -0.3 is 0 Å². The van der Waals surface area contributed by atoms with Crippen molar-refractivity contribution in [1.29, 1.82) is 0 Å². The van der Waals surface area contributed by atoms with Crippen molar-refractivity contribution in [2.75, 3.05) is 0 Å². The molecule has 3 heterocycles. The number of hydrogen-bond acceptors (Lipinski definition) is 5. The van der Waals surface area contributed by atoms with Crippen LogP contribution in [-0.2, 0) is 7.05 Å². The molecule has 0 aliphatic rings. The van der Waals surface area contributed by atoms with E-state index >= 15 is 0 Å². The van der Waals surface area contributed by atoms with E-state index in [4.69, 9.17) is 11.6 Å². The highest BCUT2D eigenvalue weighted by Crippen LogP contribution is 2.24. The number of carbonyl (C=O) groups is 1. The van der Waals surface area contributed by atoms with Gasteiger partial charge in [0.1, 0.15) is 10.3 Å². The molecule has 0 saturated carbocycles. The predicted molar refractivity (Wildman–Crippen MR) is 120 cm³/mol. The van der Waals surface area contributed by atoms with Gasteiger partial charge >= 0.3 is 5.69 Å². The quantitative estimate of drug-likeness (QED) is 0.379. The molecule has 11 heteroatoms. The van der Waals surface area contributed by atoms with Crippen LogP contribution < -0.4 is 11.2 Å². The Morgan fingerprint density at radius 3 is 2.60 bits per heavy atom. The molecule has 0 spiro atoms. The fraction of sp³-hybridized carbons (Fsp3) is 0.105. The van der Waals surface area contributed by atoms with Gasteiger partial charge in [-0.05, 0) is 52.7 Å². The molecular formula is C19H12Br2ClN5O3. The van der Waals surface area contributed by atoms with E-state index in [0.717, 1.165) is 9.13 Å². The summed E-state index contributed by atoms with van der Waals surface area (Å²) in [6.45, 7) is 1.72. The van der Waals surface area contributed by atoms with Crippen LogP contribution in [0.4, 0.5) is 0 Å². The van der Waals surface area contributed by atoms with Crippen LogP contribution in [-0.4, -0.2) is 29.8 Å². The molecule has 1 aromatic carbocycles. The number of nitrogens with zero attached hydrogens (tertiary/aromatic N) is 5. The van der Waals surface area contributed by atoms with E-state index in [1.807, 2.05) is 0 Å². The first-order chi connectivity index (χ1) is 14.2. The fourth-order valence-electron chi connectivity index (χ4n) is 3.21. The molecule has 0 fully saturated rings. The molecule has 0 aliphatic heterocycles. The number of pyridine rings is 1. The van der Waals surface area contributed by atoms with Gasteiger partial charge in [-0.3, -0.25) is 14.2 Å². The van der Waals surface area contributed by atoms with Gasteiger partial charge in [0, 0.05) is 23.8 Å². The second kappa shape index (κ2) is 7.60. The number of benzene rings is 1. The first-order valence-corrected chi connectivity index (χ1v) is 10.5. The number of fused-ring (bicyclic) bond motifs is 1. The summed E-state index contributed by atoms with van der Waals surface area (Å²) >= 11 is 12.9. The van der Waals surface area contributed by atoms with Gasteiger partial charge in [0.15, 0.2) is 5.82 Å². The van der Waals surface area contributed by atoms with Crippen LogP contribution in [0.1, 0.15) is 16.1 Å². The van der Waals surface area contributed by atoms with Crippen LogP contribution in [0, 0.1) is 6.92 Å². The summed E-state index contributed by atoms with van der Waals surface area (Å²) in [5, 5.41) is 4.76. The van der Waals surface area contributed by atoms with Gasteiger partial charge in [0.25, 0.3) is 11.5 Å². The molecule has 30 heavy (non-hydrogen) atoms. The molecule has 0 atom stereocenters. The third kappa shape index (κ3) is 3.24. The summed E-state index contributed by atoms with van der Waals surface area (Å²) in [6.07, 6.45) is 1.51. The van der Waals surface area contributed by atoms with Crippen LogP contribution in [0.2, 0.25) is 5.02 Å². The largest absolute Gasteiger partial charge is 0.338 e. The maximum absolute atomic E-state index is 13.6. The van der Waals surface area contributed by atoms with Crippen LogP contribution in [0.5, 0.6) is 0 Å². The maximum atomic E-state index is 13.6. The van der Waals surface area contributed by atoms with Crippen molar-refractivity contribution in [3.05, 3.63) is 82.7 Å². The normalized spacial score (nSPS) is 11.2. The Labute approximate surface area is 191 Å². The SMILES string of the molecule is Cc1cc(Br)cc2c(=O)n(C)c(=O)n(C(=O)c3cc(Br)nn3-c3ncccc3Cl)c12. The summed E-state index contributed by atoms with van der Waals surface area (Å²) in [5.41, 5.74) is -0.396. The van der Waals surface area contributed by atoms with Crippen LogP contribution in [0.25, 0.3) is 16.7 Å². The molecule has 0 N–H and O–H groups in total. The van der Waals surface area contributed by atoms with Crippen molar-refractivity contribution in [2.24, 2.45) is 7.05 Å². The zero-order chi connectivity index (χ0) is 21.7. The topological polar surface area (TPSA) is 91.8 Å². The number of halogens is 3. The van der Waals surface area contributed by atoms with Crippen molar-refractivity contribution in [1.82, 2.24) is 23.9 Å². The van der Waals surface area contributed by atoms with Gasteiger partial charge in [-0.1, -0.05) is 27.5 Å². The Kier molecular flexibility index (Phi) is 5.25. The van der Waals surface area contributed by atoms with Gasteiger partial charge in [-0.25, -0.2) is 19.0 Å². The third-order valence-electron chi connectivity index (χ3n) is 4.54. The average Bonchev–Trinajstić information content (AvgIpc) is 3.08. The number of aromatic nitrogens is 5. The van der Waals surface area contributed by atoms with E-state index in [1.165, 1.54) is 24.0 Å². The van der Waals surface area contributed by atoms with Gasteiger partial charge in [-0.15, -0.1) is 0 Å². The molecule has 8 nitrogen and oxygen atoms in total. The van der Waals surface area contributed by atoms with E-state index in [2.05, 4.69) is 41.9 Å². The van der Waals surface area contributed by atoms with Crippen molar-refractivity contribution in [3.8, 4) is 5.82 Å². The summed E-state index contributed by atoms with van der Waals surface area (Å²) < 4.78 is 4.14. The summed E-state index contributed by atoms with van der Waals surface area (Å²) in [4.78, 5) is 43.4. The lowest BCUT2D eigenvalue weighted by atomic mass is 10.1. The monoisotopic (exact) mass is 551 g/mol. The molecule has 3 aromatic heterocycles. The van der Waals surface area contributed by atoms with Crippen LogP contribution >= 0.6 is 43.5 Å². The van der Waals surface area contributed by atoms with E-state index < -0.39 is 17.2 Å². The highest BCUT2D eigenvalue weighted by atomic mass is 79.9. The molecule has 0 unspecified atom stereocenters. The van der Waals surface area contributed by atoms with Crippen LogP contribution in [0.15, 0.2) is 55.2 Å². The summed E-state index contributed by atoms with van der Waals surface area (Å²) in [6, 6.07) is 8.04. The summed E-state index contributed by atoms with van der Waals surface area (Å²) in [7, 11) is 1.33. The molecule has 152 valence electrons. The molecule has 0 saturated heterocycles. The lowest BCUT2D eigenvalue weighted by Gasteiger charge is -2.14. The van der Waals surface area contributed by atoms with E-state index in [-0.39, 0.29) is 27.4 Å². The Bertz CT molecular complexity index is 1470.